The number of rotatable bonds is 7. The van der Waals surface area contributed by atoms with Gasteiger partial charge in [-0.1, -0.05) is 13.8 Å². The molecule has 1 fully saturated rings. The van der Waals surface area contributed by atoms with Gasteiger partial charge in [0.1, 0.15) is 6.42 Å². The first kappa shape index (κ1) is 17.9. The van der Waals surface area contributed by atoms with Crippen LogP contribution in [0.5, 0.6) is 0 Å². The fourth-order valence-corrected chi connectivity index (χ4v) is 4.19. The van der Waals surface area contributed by atoms with E-state index in [1.54, 1.807) is 6.92 Å². The van der Waals surface area contributed by atoms with Crippen LogP contribution in [0.15, 0.2) is 0 Å². The van der Waals surface area contributed by atoms with Gasteiger partial charge in [-0.05, 0) is 25.7 Å². The highest BCUT2D eigenvalue weighted by Crippen LogP contribution is 2.18. The number of hydrogen-bond donors (Lipinski definition) is 1. The minimum Gasteiger partial charge on any atom is -0.356 e. The van der Waals surface area contributed by atoms with E-state index in [0.717, 1.165) is 6.42 Å². The molecule has 0 aliphatic carbocycles. The monoisotopic (exact) mass is 318 g/mol. The predicted molar refractivity (Wildman–Crippen MR) is 81.5 cm³/mol. The van der Waals surface area contributed by atoms with E-state index in [1.807, 2.05) is 0 Å². The maximum Gasteiger partial charge on any atom is 0.232 e. The van der Waals surface area contributed by atoms with Gasteiger partial charge in [-0.15, -0.1) is 0 Å². The molecule has 1 aliphatic heterocycles. The Hall–Kier alpha value is -1.11. The van der Waals surface area contributed by atoms with Gasteiger partial charge in [0.05, 0.1) is 11.5 Å². The molecule has 0 aromatic carbocycles. The second kappa shape index (κ2) is 7.77. The molecule has 1 aliphatic rings. The van der Waals surface area contributed by atoms with Crippen molar-refractivity contribution in [1.29, 1.82) is 0 Å². The summed E-state index contributed by atoms with van der Waals surface area (Å²) in [6.07, 6.45) is 1.14. The summed E-state index contributed by atoms with van der Waals surface area (Å²) in [7, 11) is -3.03. The number of carbonyl (C=O) groups excluding carboxylic acids is 2. The Labute approximate surface area is 127 Å². The molecule has 1 unspecified atom stereocenters. The summed E-state index contributed by atoms with van der Waals surface area (Å²) < 4.78 is 23.0. The van der Waals surface area contributed by atoms with Crippen LogP contribution in [0.1, 0.15) is 40.0 Å². The number of amides is 2. The Bertz CT molecular complexity index is 473. The molecule has 1 heterocycles. The zero-order valence-corrected chi connectivity index (χ0v) is 13.9. The lowest BCUT2D eigenvalue weighted by atomic mass is 10.1. The van der Waals surface area contributed by atoms with Gasteiger partial charge in [-0.2, -0.15) is 0 Å². The summed E-state index contributed by atoms with van der Waals surface area (Å²) in [5.41, 5.74) is 0. The number of carbonyl (C=O) groups is 2. The van der Waals surface area contributed by atoms with Gasteiger partial charge in [0.25, 0.3) is 0 Å². The van der Waals surface area contributed by atoms with Gasteiger partial charge in [-0.25, -0.2) is 8.42 Å². The highest BCUT2D eigenvalue weighted by molar-refractivity contribution is 7.91. The van der Waals surface area contributed by atoms with Crippen molar-refractivity contribution in [3.8, 4) is 0 Å². The van der Waals surface area contributed by atoms with E-state index in [1.165, 1.54) is 4.90 Å². The fourth-order valence-electron chi connectivity index (χ4n) is 2.46. The van der Waals surface area contributed by atoms with Crippen LogP contribution >= 0.6 is 0 Å². The molecule has 1 rings (SSSR count). The van der Waals surface area contributed by atoms with Gasteiger partial charge in [0.2, 0.25) is 11.8 Å². The molecule has 6 nitrogen and oxygen atoms in total. The minimum atomic E-state index is -3.03. The van der Waals surface area contributed by atoms with Crippen molar-refractivity contribution in [2.45, 2.75) is 46.1 Å². The zero-order chi connectivity index (χ0) is 16.0. The van der Waals surface area contributed by atoms with E-state index in [4.69, 9.17) is 0 Å². The van der Waals surface area contributed by atoms with Crippen molar-refractivity contribution in [3.63, 3.8) is 0 Å². The Kier molecular flexibility index (Phi) is 6.64. The first-order valence-corrected chi connectivity index (χ1v) is 9.34. The highest BCUT2D eigenvalue weighted by atomic mass is 32.2. The van der Waals surface area contributed by atoms with E-state index in [9.17, 15) is 18.0 Å². The zero-order valence-electron chi connectivity index (χ0n) is 13.1. The van der Waals surface area contributed by atoms with Crippen LogP contribution in [0.2, 0.25) is 0 Å². The van der Waals surface area contributed by atoms with Crippen molar-refractivity contribution in [2.24, 2.45) is 5.92 Å². The van der Waals surface area contributed by atoms with Crippen molar-refractivity contribution >= 4 is 21.7 Å². The molecule has 1 N–H and O–H groups in total. The molecule has 0 saturated carbocycles. The standard InChI is InChI=1S/C14H26N2O4S/c1-4-16(12-6-8-21(19,20)10-12)14(18)9-13(17)15-7-5-11(2)3/h11-12H,4-10H2,1-3H3,(H,15,17). The lowest BCUT2D eigenvalue weighted by molar-refractivity contribution is -0.137. The third kappa shape index (κ3) is 6.03. The quantitative estimate of drug-likeness (QED) is 0.696. The Morgan fingerprint density at radius 3 is 2.48 bits per heavy atom. The second-order valence-corrected chi connectivity index (χ2v) is 8.17. The average Bonchev–Trinajstić information content (AvgIpc) is 2.69. The van der Waals surface area contributed by atoms with Crippen molar-refractivity contribution in [1.82, 2.24) is 10.2 Å². The maximum absolute atomic E-state index is 12.2. The van der Waals surface area contributed by atoms with Crippen LogP contribution in [0.3, 0.4) is 0 Å². The lowest BCUT2D eigenvalue weighted by Gasteiger charge is -2.26. The summed E-state index contributed by atoms with van der Waals surface area (Å²) in [6, 6.07) is -0.282. The summed E-state index contributed by atoms with van der Waals surface area (Å²) in [4.78, 5) is 25.4. The van der Waals surface area contributed by atoms with E-state index in [0.29, 0.717) is 25.4 Å². The van der Waals surface area contributed by atoms with E-state index in [2.05, 4.69) is 19.2 Å². The fraction of sp³-hybridized carbons (Fsp3) is 0.857. The molecule has 0 radical (unpaired) electrons. The predicted octanol–water partition coefficient (Wildman–Crippen LogP) is 0.574. The Balaban J connectivity index is 2.46. The van der Waals surface area contributed by atoms with Crippen LogP contribution in [0.4, 0.5) is 0 Å². The third-order valence-electron chi connectivity index (χ3n) is 3.67. The normalized spacial score (nSPS) is 20.5. The van der Waals surface area contributed by atoms with Crippen LogP contribution in [0.25, 0.3) is 0 Å². The van der Waals surface area contributed by atoms with Gasteiger partial charge in [-0.3, -0.25) is 9.59 Å². The van der Waals surface area contributed by atoms with E-state index < -0.39 is 9.84 Å². The van der Waals surface area contributed by atoms with Gasteiger partial charge >= 0.3 is 0 Å². The molecule has 0 aromatic rings. The maximum atomic E-state index is 12.2. The van der Waals surface area contributed by atoms with Crippen LogP contribution < -0.4 is 5.32 Å². The largest absolute Gasteiger partial charge is 0.356 e. The van der Waals surface area contributed by atoms with Crippen molar-refractivity contribution in [3.05, 3.63) is 0 Å². The van der Waals surface area contributed by atoms with Crippen LogP contribution in [0, 0.1) is 5.92 Å². The third-order valence-corrected chi connectivity index (χ3v) is 5.42. The molecule has 0 bridgehead atoms. The molecule has 0 aromatic heterocycles. The molecule has 1 atom stereocenters. The molecule has 122 valence electrons. The SMILES string of the molecule is CCN(C(=O)CC(=O)NCCC(C)C)C1CCS(=O)(=O)C1. The lowest BCUT2D eigenvalue weighted by Crippen LogP contribution is -2.43. The first-order chi connectivity index (χ1) is 9.75. The average molecular weight is 318 g/mol. The van der Waals surface area contributed by atoms with E-state index in [-0.39, 0.29) is 35.8 Å². The summed E-state index contributed by atoms with van der Waals surface area (Å²) >= 11 is 0. The highest BCUT2D eigenvalue weighted by Gasteiger charge is 2.34. The summed E-state index contributed by atoms with van der Waals surface area (Å²) in [5, 5.41) is 2.73. The smallest absolute Gasteiger partial charge is 0.232 e. The number of nitrogens with zero attached hydrogens (tertiary/aromatic N) is 1. The molecular formula is C14H26N2O4S. The summed E-state index contributed by atoms with van der Waals surface area (Å²) in [5.74, 6) is 0.0577. The van der Waals surface area contributed by atoms with Gasteiger partial charge < -0.3 is 10.2 Å². The van der Waals surface area contributed by atoms with Gasteiger partial charge in [0, 0.05) is 19.1 Å². The molecule has 2 amide bonds. The number of nitrogens with one attached hydrogen (secondary N) is 1. The number of hydrogen-bond acceptors (Lipinski definition) is 4. The number of sulfone groups is 1. The van der Waals surface area contributed by atoms with Crippen LogP contribution in [-0.4, -0.2) is 55.8 Å². The Morgan fingerprint density at radius 1 is 1.33 bits per heavy atom. The first-order valence-electron chi connectivity index (χ1n) is 7.51. The van der Waals surface area contributed by atoms with Crippen molar-refractivity contribution in [2.75, 3.05) is 24.6 Å². The van der Waals surface area contributed by atoms with Crippen LogP contribution in [-0.2, 0) is 19.4 Å². The molecule has 21 heavy (non-hydrogen) atoms. The molecule has 1 saturated heterocycles. The molecule has 7 heteroatoms. The molecular weight excluding hydrogens is 292 g/mol. The van der Waals surface area contributed by atoms with E-state index >= 15 is 0 Å². The Morgan fingerprint density at radius 2 is 2.00 bits per heavy atom. The summed E-state index contributed by atoms with van der Waals surface area (Å²) in [6.45, 7) is 6.93. The second-order valence-electron chi connectivity index (χ2n) is 5.95. The molecule has 0 spiro atoms. The minimum absolute atomic E-state index is 0.0154. The van der Waals surface area contributed by atoms with Crippen molar-refractivity contribution < 1.29 is 18.0 Å². The topological polar surface area (TPSA) is 83.6 Å². The van der Waals surface area contributed by atoms with Gasteiger partial charge in [0.15, 0.2) is 9.84 Å².